The molecule has 1 unspecified atom stereocenters. The highest BCUT2D eigenvalue weighted by molar-refractivity contribution is 9.10. The van der Waals surface area contributed by atoms with E-state index in [-0.39, 0.29) is 17.5 Å². The third kappa shape index (κ3) is 3.29. The Kier molecular flexibility index (Phi) is 5.22. The first-order valence-corrected chi connectivity index (χ1v) is 7.79. The van der Waals surface area contributed by atoms with Gasteiger partial charge in [-0.3, -0.25) is 4.79 Å². The molecule has 1 saturated heterocycles. The molecule has 0 aliphatic carbocycles. The highest BCUT2D eigenvalue weighted by Crippen LogP contribution is 2.26. The van der Waals surface area contributed by atoms with Gasteiger partial charge in [-0.25, -0.2) is 4.39 Å². The molecule has 1 aliphatic heterocycles. The van der Waals surface area contributed by atoms with Gasteiger partial charge in [0.15, 0.2) is 0 Å². The number of benzene rings is 1. The number of carbonyl (C=O) groups excluding carboxylic acids is 1. The van der Waals surface area contributed by atoms with Crippen LogP contribution in [-0.4, -0.2) is 29.3 Å². The molecule has 1 aromatic carbocycles. The summed E-state index contributed by atoms with van der Waals surface area (Å²) in [6.07, 6.45) is 3.74. The number of hydrogen-bond acceptors (Lipinski definition) is 1. The lowest BCUT2D eigenvalue weighted by Crippen LogP contribution is -2.36. The van der Waals surface area contributed by atoms with Crippen molar-refractivity contribution in [1.29, 1.82) is 0 Å². The third-order valence-corrected chi connectivity index (χ3v) is 4.37. The van der Waals surface area contributed by atoms with Crippen LogP contribution >= 0.6 is 27.5 Å². The summed E-state index contributed by atoms with van der Waals surface area (Å²) in [7, 11) is 0. The summed E-state index contributed by atoms with van der Waals surface area (Å²) < 4.78 is 14.3. The number of amides is 1. The maximum absolute atomic E-state index is 14.0. The SMILES string of the molecule is O=C(c1cccc(Br)c1F)N1CCCC1CCCCl. The molecule has 1 aliphatic rings. The van der Waals surface area contributed by atoms with Crippen LogP contribution in [0.5, 0.6) is 0 Å². The van der Waals surface area contributed by atoms with E-state index >= 15 is 0 Å². The van der Waals surface area contributed by atoms with Crippen LogP contribution in [0.15, 0.2) is 22.7 Å². The van der Waals surface area contributed by atoms with E-state index in [1.807, 2.05) is 0 Å². The normalized spacial score (nSPS) is 18.9. The fourth-order valence-corrected chi connectivity index (χ4v) is 3.06. The first-order chi connectivity index (χ1) is 9.15. The summed E-state index contributed by atoms with van der Waals surface area (Å²) in [5.74, 6) is -0.0876. The van der Waals surface area contributed by atoms with E-state index in [2.05, 4.69) is 15.9 Å². The van der Waals surface area contributed by atoms with Crippen molar-refractivity contribution in [3.05, 3.63) is 34.1 Å². The Morgan fingerprint density at radius 1 is 1.53 bits per heavy atom. The molecular formula is C14H16BrClFNO. The minimum absolute atomic E-state index is 0.146. The summed E-state index contributed by atoms with van der Waals surface area (Å²) in [6.45, 7) is 0.706. The van der Waals surface area contributed by atoms with Crippen LogP contribution in [0.2, 0.25) is 0 Å². The molecule has 2 rings (SSSR count). The number of hydrogen-bond donors (Lipinski definition) is 0. The Labute approximate surface area is 126 Å². The topological polar surface area (TPSA) is 20.3 Å². The minimum Gasteiger partial charge on any atom is -0.336 e. The van der Waals surface area contributed by atoms with E-state index in [0.717, 1.165) is 25.7 Å². The number of carbonyl (C=O) groups is 1. The number of halogens is 3. The Morgan fingerprint density at radius 2 is 2.32 bits per heavy atom. The Bertz CT molecular complexity index is 469. The predicted octanol–water partition coefficient (Wildman–Crippen LogP) is 4.21. The fraction of sp³-hybridized carbons (Fsp3) is 0.500. The van der Waals surface area contributed by atoms with Gasteiger partial charge in [0.2, 0.25) is 0 Å². The molecule has 19 heavy (non-hydrogen) atoms. The lowest BCUT2D eigenvalue weighted by Gasteiger charge is -2.25. The van der Waals surface area contributed by atoms with Gasteiger partial charge in [-0.2, -0.15) is 0 Å². The van der Waals surface area contributed by atoms with E-state index in [1.165, 1.54) is 0 Å². The van der Waals surface area contributed by atoms with Crippen LogP contribution in [0.4, 0.5) is 4.39 Å². The van der Waals surface area contributed by atoms with Crippen molar-refractivity contribution in [1.82, 2.24) is 4.90 Å². The number of alkyl halides is 1. The predicted molar refractivity (Wildman–Crippen MR) is 78.1 cm³/mol. The fourth-order valence-electron chi connectivity index (χ4n) is 2.54. The molecule has 1 amide bonds. The molecule has 0 aromatic heterocycles. The quantitative estimate of drug-likeness (QED) is 0.746. The first kappa shape index (κ1) is 14.8. The molecule has 1 fully saturated rings. The lowest BCUT2D eigenvalue weighted by atomic mass is 10.1. The zero-order valence-electron chi connectivity index (χ0n) is 10.5. The van der Waals surface area contributed by atoms with Crippen LogP contribution in [0.3, 0.4) is 0 Å². The van der Waals surface area contributed by atoms with Gasteiger partial charge >= 0.3 is 0 Å². The highest BCUT2D eigenvalue weighted by atomic mass is 79.9. The lowest BCUT2D eigenvalue weighted by molar-refractivity contribution is 0.0725. The number of rotatable bonds is 4. The number of likely N-dealkylation sites (tertiary alicyclic amines) is 1. The van der Waals surface area contributed by atoms with Gasteiger partial charge in [-0.15, -0.1) is 11.6 Å². The second-order valence-electron chi connectivity index (χ2n) is 4.73. The minimum atomic E-state index is -0.476. The largest absolute Gasteiger partial charge is 0.336 e. The van der Waals surface area contributed by atoms with Crippen molar-refractivity contribution in [2.45, 2.75) is 31.7 Å². The van der Waals surface area contributed by atoms with Crippen LogP contribution in [-0.2, 0) is 0 Å². The van der Waals surface area contributed by atoms with E-state index < -0.39 is 5.82 Å². The first-order valence-electron chi connectivity index (χ1n) is 6.46. The average Bonchev–Trinajstić information content (AvgIpc) is 2.87. The summed E-state index contributed by atoms with van der Waals surface area (Å²) in [5.41, 5.74) is 0.146. The van der Waals surface area contributed by atoms with Gasteiger partial charge in [0.25, 0.3) is 5.91 Å². The molecule has 2 nitrogen and oxygen atoms in total. The number of nitrogens with zero attached hydrogens (tertiary/aromatic N) is 1. The zero-order valence-corrected chi connectivity index (χ0v) is 12.9. The average molecular weight is 349 g/mol. The molecule has 0 spiro atoms. The van der Waals surface area contributed by atoms with Crippen LogP contribution in [0, 0.1) is 5.82 Å². The molecule has 1 atom stereocenters. The molecule has 5 heteroatoms. The molecule has 0 bridgehead atoms. The van der Waals surface area contributed by atoms with E-state index in [0.29, 0.717) is 16.9 Å². The second-order valence-corrected chi connectivity index (χ2v) is 5.96. The van der Waals surface area contributed by atoms with E-state index in [4.69, 9.17) is 11.6 Å². The van der Waals surface area contributed by atoms with Gasteiger partial charge in [0.1, 0.15) is 5.82 Å². The van der Waals surface area contributed by atoms with Crippen LogP contribution in [0.25, 0.3) is 0 Å². The Morgan fingerprint density at radius 3 is 3.05 bits per heavy atom. The summed E-state index contributed by atoms with van der Waals surface area (Å²) >= 11 is 8.82. The summed E-state index contributed by atoms with van der Waals surface area (Å²) in [5, 5.41) is 0. The van der Waals surface area contributed by atoms with E-state index in [9.17, 15) is 9.18 Å². The summed E-state index contributed by atoms with van der Waals surface area (Å²) in [6, 6.07) is 5.02. The zero-order chi connectivity index (χ0) is 13.8. The molecule has 104 valence electrons. The van der Waals surface area contributed by atoms with Crippen molar-refractivity contribution in [3.63, 3.8) is 0 Å². The van der Waals surface area contributed by atoms with Gasteiger partial charge < -0.3 is 4.90 Å². The van der Waals surface area contributed by atoms with Gasteiger partial charge in [0, 0.05) is 18.5 Å². The smallest absolute Gasteiger partial charge is 0.257 e. The van der Waals surface area contributed by atoms with Crippen molar-refractivity contribution in [3.8, 4) is 0 Å². The Balaban J connectivity index is 2.16. The van der Waals surface area contributed by atoms with Crippen molar-refractivity contribution in [2.24, 2.45) is 0 Å². The van der Waals surface area contributed by atoms with Crippen molar-refractivity contribution < 1.29 is 9.18 Å². The van der Waals surface area contributed by atoms with Gasteiger partial charge in [-0.05, 0) is 53.7 Å². The monoisotopic (exact) mass is 347 g/mol. The summed E-state index contributed by atoms with van der Waals surface area (Å²) in [4.78, 5) is 14.2. The third-order valence-electron chi connectivity index (χ3n) is 3.49. The van der Waals surface area contributed by atoms with Gasteiger partial charge in [-0.1, -0.05) is 6.07 Å². The highest BCUT2D eigenvalue weighted by Gasteiger charge is 2.30. The van der Waals surface area contributed by atoms with Crippen molar-refractivity contribution in [2.75, 3.05) is 12.4 Å². The van der Waals surface area contributed by atoms with Crippen LogP contribution in [0.1, 0.15) is 36.0 Å². The van der Waals surface area contributed by atoms with Crippen LogP contribution < -0.4 is 0 Å². The molecule has 1 aromatic rings. The second kappa shape index (κ2) is 6.71. The Hall–Kier alpha value is -0.610. The standard InChI is InChI=1S/C14H16BrClFNO/c15-12-7-1-6-11(13(12)17)14(19)18-9-3-5-10(18)4-2-8-16/h1,6-7,10H,2-5,8-9H2. The molecule has 1 heterocycles. The van der Waals surface area contributed by atoms with Crippen molar-refractivity contribution >= 4 is 33.4 Å². The molecule has 0 saturated carbocycles. The van der Waals surface area contributed by atoms with E-state index in [1.54, 1.807) is 23.1 Å². The molecule has 0 N–H and O–H groups in total. The van der Waals surface area contributed by atoms with Gasteiger partial charge in [0.05, 0.1) is 10.0 Å². The molecular weight excluding hydrogens is 333 g/mol. The molecule has 0 radical (unpaired) electrons. The maximum Gasteiger partial charge on any atom is 0.257 e. The maximum atomic E-state index is 14.0.